The first-order valence-corrected chi connectivity index (χ1v) is 11.1. The molecule has 0 aliphatic rings. The monoisotopic (exact) mass is 431 g/mol. The summed E-state index contributed by atoms with van der Waals surface area (Å²) in [5.74, 6) is -2.35. The van der Waals surface area contributed by atoms with E-state index in [4.69, 9.17) is 10.3 Å². The quantitative estimate of drug-likeness (QED) is 0.415. The molecule has 2 N–H and O–H groups in total. The summed E-state index contributed by atoms with van der Waals surface area (Å²) in [7, 11) is -3.49. The molecule has 2 unspecified atom stereocenters. The number of aryl methyl sites for hydroxylation is 1. The van der Waals surface area contributed by atoms with Crippen LogP contribution in [0.25, 0.3) is 11.0 Å². The topological polar surface area (TPSA) is 122 Å². The van der Waals surface area contributed by atoms with E-state index in [9.17, 15) is 13.2 Å². The fraction of sp³-hybridized carbons (Fsp3) is 0.286. The molecule has 1 heterocycles. The number of hydrogen-bond acceptors (Lipinski definition) is 6. The Bertz CT molecular complexity index is 1080. The van der Waals surface area contributed by atoms with Crippen molar-refractivity contribution in [2.75, 3.05) is 5.75 Å². The molecule has 0 spiro atoms. The Balaban J connectivity index is 0.000000263. The number of carboxylic acids is 1. The third-order valence-electron chi connectivity index (χ3n) is 4.52. The van der Waals surface area contributed by atoms with Crippen LogP contribution in [0.4, 0.5) is 0 Å². The second-order valence-electron chi connectivity index (χ2n) is 6.83. The van der Waals surface area contributed by atoms with Crippen LogP contribution in [0.2, 0.25) is 0 Å². The van der Waals surface area contributed by atoms with Gasteiger partial charge in [-0.05, 0) is 35.8 Å². The molecule has 9 heteroatoms. The Morgan fingerprint density at radius 1 is 1.17 bits per heavy atom. The van der Waals surface area contributed by atoms with Crippen molar-refractivity contribution < 1.29 is 23.5 Å². The van der Waals surface area contributed by atoms with E-state index in [1.54, 1.807) is 12.1 Å². The highest BCUT2D eigenvalue weighted by Gasteiger charge is 2.27. The maximum Gasteiger partial charge on any atom is 0.307 e. The molecule has 0 aliphatic carbocycles. The smallest absolute Gasteiger partial charge is 0.307 e. The van der Waals surface area contributed by atoms with E-state index in [2.05, 4.69) is 16.9 Å². The van der Waals surface area contributed by atoms with Crippen molar-refractivity contribution in [3.63, 3.8) is 0 Å². The van der Waals surface area contributed by atoms with Crippen molar-refractivity contribution in [2.45, 2.75) is 25.0 Å². The molecular weight excluding hydrogens is 406 g/mol. The van der Waals surface area contributed by atoms with Gasteiger partial charge in [0, 0.05) is 0 Å². The van der Waals surface area contributed by atoms with Crippen LogP contribution in [0.15, 0.2) is 67.3 Å². The fourth-order valence-corrected chi connectivity index (χ4v) is 4.65. The van der Waals surface area contributed by atoms with Crippen molar-refractivity contribution in [1.29, 1.82) is 0 Å². The van der Waals surface area contributed by atoms with Crippen LogP contribution in [0.1, 0.15) is 18.9 Å². The van der Waals surface area contributed by atoms with Crippen molar-refractivity contribution in [3.8, 4) is 0 Å². The average molecular weight is 432 g/mol. The van der Waals surface area contributed by atoms with Crippen molar-refractivity contribution in [3.05, 3.63) is 72.8 Å². The molecular formula is C21H25N3O5S. The first-order chi connectivity index (χ1) is 14.2. The third kappa shape index (κ3) is 6.41. The van der Waals surface area contributed by atoms with E-state index < -0.39 is 27.0 Å². The second kappa shape index (κ2) is 10.5. The molecule has 0 amide bonds. The van der Waals surface area contributed by atoms with Crippen LogP contribution in [-0.4, -0.2) is 50.9 Å². The fourth-order valence-electron chi connectivity index (χ4n) is 2.80. The highest BCUT2D eigenvalue weighted by atomic mass is 32.2. The molecule has 2 atom stereocenters. The summed E-state index contributed by atoms with van der Waals surface area (Å²) in [6, 6.07) is 16.8. The van der Waals surface area contributed by atoms with Gasteiger partial charge in [0.2, 0.25) is 0 Å². The molecule has 0 bridgehead atoms. The summed E-state index contributed by atoms with van der Waals surface area (Å²) in [5, 5.41) is 24.2. The van der Waals surface area contributed by atoms with Crippen LogP contribution in [0.5, 0.6) is 0 Å². The Morgan fingerprint density at radius 3 is 2.40 bits per heavy atom. The molecule has 3 aromatic rings. The minimum atomic E-state index is -3.49. The van der Waals surface area contributed by atoms with E-state index in [1.165, 1.54) is 13.0 Å². The molecule has 0 aliphatic heterocycles. The van der Waals surface area contributed by atoms with Gasteiger partial charge in [-0.3, -0.25) is 4.79 Å². The van der Waals surface area contributed by atoms with E-state index in [1.807, 2.05) is 42.5 Å². The summed E-state index contributed by atoms with van der Waals surface area (Å²) < 4.78 is 24.3. The van der Waals surface area contributed by atoms with Crippen LogP contribution in [0, 0.1) is 5.92 Å². The number of carbonyl (C=O) groups is 1. The first kappa shape index (κ1) is 23.1. The zero-order valence-electron chi connectivity index (χ0n) is 16.6. The predicted molar refractivity (Wildman–Crippen MR) is 114 cm³/mol. The van der Waals surface area contributed by atoms with Gasteiger partial charge in [-0.15, -0.1) is 11.7 Å². The van der Waals surface area contributed by atoms with Crippen molar-refractivity contribution in [2.24, 2.45) is 5.92 Å². The lowest BCUT2D eigenvalue weighted by Crippen LogP contribution is -2.29. The number of aromatic nitrogens is 3. The van der Waals surface area contributed by atoms with Gasteiger partial charge in [-0.25, -0.2) is 8.42 Å². The van der Waals surface area contributed by atoms with Crippen LogP contribution in [-0.2, 0) is 21.1 Å². The Morgan fingerprint density at radius 2 is 1.80 bits per heavy atom. The number of aliphatic carboxylic acids is 1. The van der Waals surface area contributed by atoms with Gasteiger partial charge in [0.05, 0.1) is 16.9 Å². The zero-order chi connectivity index (χ0) is 22.1. The molecule has 0 saturated heterocycles. The lowest BCUT2D eigenvalue weighted by Gasteiger charge is -2.15. The maximum absolute atomic E-state index is 12.2. The van der Waals surface area contributed by atoms with Crippen molar-refractivity contribution >= 4 is 26.8 Å². The van der Waals surface area contributed by atoms with Gasteiger partial charge >= 0.3 is 5.97 Å². The van der Waals surface area contributed by atoms with Gasteiger partial charge in [0.1, 0.15) is 11.0 Å². The van der Waals surface area contributed by atoms with E-state index in [-0.39, 0.29) is 5.75 Å². The zero-order valence-corrected chi connectivity index (χ0v) is 17.4. The maximum atomic E-state index is 12.2. The number of sulfone groups is 1. The molecule has 0 fully saturated rings. The SMILES string of the molecule is C=CC(CCc1ccccc1)S(=O)(=O)CC(C)C(=O)O.On1nnc2ccccc21. The summed E-state index contributed by atoms with van der Waals surface area (Å²) in [6.45, 7) is 4.97. The molecule has 0 radical (unpaired) electrons. The van der Waals surface area contributed by atoms with E-state index >= 15 is 0 Å². The van der Waals surface area contributed by atoms with E-state index in [0.717, 1.165) is 10.4 Å². The van der Waals surface area contributed by atoms with Crippen LogP contribution in [0.3, 0.4) is 0 Å². The van der Waals surface area contributed by atoms with Crippen LogP contribution < -0.4 is 0 Å². The minimum Gasteiger partial charge on any atom is -0.481 e. The van der Waals surface area contributed by atoms with Crippen LogP contribution >= 0.6 is 0 Å². The van der Waals surface area contributed by atoms with E-state index in [0.29, 0.717) is 23.9 Å². The number of rotatable bonds is 8. The Kier molecular flexibility index (Phi) is 8.11. The highest BCUT2D eigenvalue weighted by molar-refractivity contribution is 7.92. The molecule has 160 valence electrons. The normalized spacial score (nSPS) is 13.1. The number of benzene rings is 2. The summed E-state index contributed by atoms with van der Waals surface area (Å²) >= 11 is 0. The van der Waals surface area contributed by atoms with Gasteiger partial charge in [-0.2, -0.15) is 0 Å². The van der Waals surface area contributed by atoms with Crippen molar-refractivity contribution in [1.82, 2.24) is 15.2 Å². The van der Waals surface area contributed by atoms with Gasteiger partial charge in [-0.1, -0.05) is 60.3 Å². The number of nitrogens with zero attached hydrogens (tertiary/aromatic N) is 3. The van der Waals surface area contributed by atoms with Gasteiger partial charge in [0.25, 0.3) is 0 Å². The molecule has 2 aromatic carbocycles. The molecule has 1 aromatic heterocycles. The lowest BCUT2D eigenvalue weighted by molar-refractivity contribution is -0.140. The largest absolute Gasteiger partial charge is 0.481 e. The molecule has 8 nitrogen and oxygen atoms in total. The number of para-hydroxylation sites is 1. The Labute approximate surface area is 175 Å². The number of hydrogen-bond donors (Lipinski definition) is 2. The van der Waals surface area contributed by atoms with Gasteiger partial charge in [0.15, 0.2) is 9.84 Å². The van der Waals surface area contributed by atoms with Gasteiger partial charge < -0.3 is 10.3 Å². The molecule has 3 rings (SSSR count). The summed E-state index contributed by atoms with van der Waals surface area (Å²) in [6.07, 6.45) is 2.44. The predicted octanol–water partition coefficient (Wildman–Crippen LogP) is 2.98. The number of carboxylic acid groups (broad SMARTS) is 1. The summed E-state index contributed by atoms with van der Waals surface area (Å²) in [5.41, 5.74) is 2.38. The Hall–Kier alpha value is -3.20. The molecule has 0 saturated carbocycles. The number of fused-ring (bicyclic) bond motifs is 1. The molecule has 30 heavy (non-hydrogen) atoms. The average Bonchev–Trinajstić information content (AvgIpc) is 3.10. The lowest BCUT2D eigenvalue weighted by atomic mass is 10.1. The minimum absolute atomic E-state index is 0.353. The second-order valence-corrected chi connectivity index (χ2v) is 9.10. The summed E-state index contributed by atoms with van der Waals surface area (Å²) in [4.78, 5) is 11.5. The third-order valence-corrected chi connectivity index (χ3v) is 6.84. The standard InChI is InChI=1S/C15H20O4S.C6H5N3O/c1-3-14(10-9-13-7-5-4-6-8-13)20(18,19)11-12(2)15(16)17;10-9-6-4-2-1-3-5(6)7-8-9/h3-8,12,14H,1,9-11H2,2H3,(H,16,17);1-4,10H. The first-order valence-electron chi connectivity index (χ1n) is 9.35. The highest BCUT2D eigenvalue weighted by Crippen LogP contribution is 2.16.